The first-order chi connectivity index (χ1) is 23.4. The fourth-order valence-corrected chi connectivity index (χ4v) is 7.86. The number of aryl methyl sites for hydroxylation is 1. The highest BCUT2D eigenvalue weighted by molar-refractivity contribution is 7.92. The quantitative estimate of drug-likeness (QED) is 0.132. The molecule has 3 aromatic carbocycles. The summed E-state index contributed by atoms with van der Waals surface area (Å²) in [5, 5.41) is 19.0. The molecule has 268 valence electrons. The van der Waals surface area contributed by atoms with Gasteiger partial charge in [0.1, 0.15) is 23.4 Å². The second-order valence-electron chi connectivity index (χ2n) is 12.3. The Hall–Kier alpha value is -3.87. The molecule has 0 radical (unpaired) electrons. The van der Waals surface area contributed by atoms with Gasteiger partial charge in [0, 0.05) is 24.7 Å². The van der Waals surface area contributed by atoms with Crippen molar-refractivity contribution in [2.24, 2.45) is 0 Å². The number of benzene rings is 3. The minimum absolute atomic E-state index is 0.00462. The lowest BCUT2D eigenvalue weighted by Crippen LogP contribution is -2.57. The number of hydrogen-bond donors (Lipinski definition) is 4. The molecule has 0 aliphatic carbocycles. The van der Waals surface area contributed by atoms with Crippen molar-refractivity contribution >= 4 is 21.7 Å². The van der Waals surface area contributed by atoms with Crippen molar-refractivity contribution < 1.29 is 36.6 Å². The number of rotatable bonds is 20. The Morgan fingerprint density at radius 1 is 0.857 bits per heavy atom. The van der Waals surface area contributed by atoms with Crippen LogP contribution in [0.1, 0.15) is 73.5 Å². The van der Waals surface area contributed by atoms with E-state index in [2.05, 4.69) is 16.0 Å². The molecule has 12 heteroatoms. The Bertz CT molecular complexity index is 1590. The summed E-state index contributed by atoms with van der Waals surface area (Å²) in [7, 11) is -2.40. The van der Waals surface area contributed by atoms with Crippen LogP contribution in [0.5, 0.6) is 5.75 Å². The Kier molecular flexibility index (Phi) is 15.6. The average Bonchev–Trinajstić information content (AvgIpc) is 3.07. The number of halogens is 2. The van der Waals surface area contributed by atoms with Gasteiger partial charge in [-0.1, -0.05) is 57.9 Å². The summed E-state index contributed by atoms with van der Waals surface area (Å²) < 4.78 is 60.7. The van der Waals surface area contributed by atoms with Crippen LogP contribution in [0, 0.1) is 11.6 Å². The van der Waals surface area contributed by atoms with Crippen LogP contribution < -0.4 is 20.7 Å². The van der Waals surface area contributed by atoms with E-state index in [4.69, 9.17) is 4.74 Å². The highest BCUT2D eigenvalue weighted by atomic mass is 32.2. The Morgan fingerprint density at radius 2 is 1.49 bits per heavy atom. The van der Waals surface area contributed by atoms with Crippen LogP contribution in [0.3, 0.4) is 0 Å². The topological polar surface area (TPSA) is 134 Å². The van der Waals surface area contributed by atoms with Crippen molar-refractivity contribution in [1.82, 2.24) is 16.0 Å². The molecule has 3 aromatic rings. The van der Waals surface area contributed by atoms with Crippen molar-refractivity contribution in [2.75, 3.05) is 19.4 Å². The molecule has 49 heavy (non-hydrogen) atoms. The lowest BCUT2D eigenvalue weighted by molar-refractivity contribution is -0.124. The SMILES string of the molecule is CCCC(CCC)S(=O)(=O)CC(NC(=O)c1ccc(OC)cc1)C(=O)N[C@@H](Cc1cc(F)cc(F)c1)[C@H](O)CNCc1cccc(CC)c1. The monoisotopic (exact) mass is 701 g/mol. The Morgan fingerprint density at radius 3 is 2.08 bits per heavy atom. The average molecular weight is 702 g/mol. The van der Waals surface area contributed by atoms with Gasteiger partial charge in [0.25, 0.3) is 5.91 Å². The van der Waals surface area contributed by atoms with Gasteiger partial charge in [-0.25, -0.2) is 17.2 Å². The molecule has 0 aliphatic rings. The van der Waals surface area contributed by atoms with Crippen LogP contribution in [-0.2, 0) is 34.0 Å². The molecule has 0 saturated heterocycles. The Labute approximate surface area is 288 Å². The van der Waals surface area contributed by atoms with E-state index < -0.39 is 62.5 Å². The molecule has 0 bridgehead atoms. The second-order valence-corrected chi connectivity index (χ2v) is 14.6. The zero-order valence-electron chi connectivity index (χ0n) is 28.7. The van der Waals surface area contributed by atoms with Gasteiger partial charge in [-0.15, -0.1) is 0 Å². The zero-order valence-corrected chi connectivity index (χ0v) is 29.5. The van der Waals surface area contributed by atoms with Crippen molar-refractivity contribution in [2.45, 2.75) is 89.3 Å². The molecule has 2 amide bonds. The molecule has 3 atom stereocenters. The smallest absolute Gasteiger partial charge is 0.251 e. The third kappa shape index (κ3) is 12.5. The summed E-state index contributed by atoms with van der Waals surface area (Å²) in [5.74, 6) is -3.34. The minimum atomic E-state index is -3.88. The maximum atomic E-state index is 14.1. The number of hydrogen-bond acceptors (Lipinski definition) is 7. The maximum absolute atomic E-state index is 14.1. The zero-order chi connectivity index (χ0) is 36.0. The number of carbonyl (C=O) groups excluding carboxylic acids is 2. The lowest BCUT2D eigenvalue weighted by atomic mass is 10.00. The third-order valence-electron chi connectivity index (χ3n) is 8.35. The van der Waals surface area contributed by atoms with E-state index >= 15 is 0 Å². The predicted molar refractivity (Wildman–Crippen MR) is 187 cm³/mol. The van der Waals surface area contributed by atoms with Gasteiger partial charge in [-0.2, -0.15) is 0 Å². The summed E-state index contributed by atoms with van der Waals surface area (Å²) >= 11 is 0. The molecule has 3 rings (SSSR count). The van der Waals surface area contributed by atoms with E-state index in [0.29, 0.717) is 38.0 Å². The van der Waals surface area contributed by atoms with Crippen LogP contribution in [0.25, 0.3) is 0 Å². The van der Waals surface area contributed by atoms with Gasteiger partial charge in [-0.3, -0.25) is 9.59 Å². The summed E-state index contributed by atoms with van der Waals surface area (Å²) in [6, 6.07) is 14.3. The van der Waals surface area contributed by atoms with Crippen LogP contribution in [0.4, 0.5) is 8.78 Å². The number of ether oxygens (including phenoxy) is 1. The molecular weight excluding hydrogens is 652 g/mol. The number of methoxy groups -OCH3 is 1. The maximum Gasteiger partial charge on any atom is 0.251 e. The van der Waals surface area contributed by atoms with Crippen molar-refractivity contribution in [3.63, 3.8) is 0 Å². The van der Waals surface area contributed by atoms with Gasteiger partial charge >= 0.3 is 0 Å². The lowest BCUT2D eigenvalue weighted by Gasteiger charge is -2.28. The van der Waals surface area contributed by atoms with Crippen LogP contribution in [0.15, 0.2) is 66.7 Å². The third-order valence-corrected chi connectivity index (χ3v) is 10.6. The van der Waals surface area contributed by atoms with Gasteiger partial charge in [0.05, 0.1) is 30.3 Å². The number of aliphatic hydroxyl groups is 1. The van der Waals surface area contributed by atoms with E-state index in [1.165, 1.54) is 19.2 Å². The Balaban J connectivity index is 1.89. The highest BCUT2D eigenvalue weighted by Crippen LogP contribution is 2.19. The van der Waals surface area contributed by atoms with Crippen molar-refractivity contribution in [1.29, 1.82) is 0 Å². The second kappa shape index (κ2) is 19.4. The molecule has 9 nitrogen and oxygen atoms in total. The van der Waals surface area contributed by atoms with Crippen molar-refractivity contribution in [3.05, 3.63) is 101 Å². The highest BCUT2D eigenvalue weighted by Gasteiger charge is 2.34. The van der Waals surface area contributed by atoms with Gasteiger partial charge in [-0.05, 0) is 78.8 Å². The predicted octanol–water partition coefficient (Wildman–Crippen LogP) is 4.90. The first-order valence-electron chi connectivity index (χ1n) is 16.8. The minimum Gasteiger partial charge on any atom is -0.497 e. The molecule has 0 saturated carbocycles. The van der Waals surface area contributed by atoms with E-state index in [1.807, 2.05) is 45.0 Å². The van der Waals surface area contributed by atoms with Crippen molar-refractivity contribution in [3.8, 4) is 5.75 Å². The molecule has 0 heterocycles. The molecule has 0 spiro atoms. The molecule has 0 aliphatic heterocycles. The largest absolute Gasteiger partial charge is 0.497 e. The fraction of sp³-hybridized carbons (Fsp3) is 0.459. The van der Waals surface area contributed by atoms with Gasteiger partial charge in [0.15, 0.2) is 9.84 Å². The summed E-state index contributed by atoms with van der Waals surface area (Å²) in [5.41, 5.74) is 2.49. The molecule has 4 N–H and O–H groups in total. The fourth-order valence-electron chi connectivity index (χ4n) is 5.70. The van der Waals surface area contributed by atoms with E-state index in [-0.39, 0.29) is 24.1 Å². The molecule has 0 fully saturated rings. The van der Waals surface area contributed by atoms with E-state index in [9.17, 15) is 31.9 Å². The molecule has 0 aromatic heterocycles. The standard InChI is InChI=1S/C37H49F2N3O6S/c1-5-9-32(10-6-2)49(46,47)24-34(42-36(44)28-13-15-31(48-4)16-14-28)37(45)41-33(20-27-18-29(38)21-30(39)19-27)35(43)23-40-22-26-12-8-11-25(7-3)17-26/h8,11-19,21,32-35,40,43H,5-7,9-10,20,22-24H2,1-4H3,(H,41,45)(H,42,44)/t33-,34?,35+/m0/s1. The first kappa shape index (κ1) is 39.6. The number of nitrogens with one attached hydrogen (secondary N) is 3. The first-order valence-corrected chi connectivity index (χ1v) is 18.5. The van der Waals surface area contributed by atoms with Crippen LogP contribution in [-0.4, -0.2) is 68.2 Å². The van der Waals surface area contributed by atoms with E-state index in [0.717, 1.165) is 35.7 Å². The summed E-state index contributed by atoms with van der Waals surface area (Å²) in [6.07, 6.45) is 1.46. The summed E-state index contributed by atoms with van der Waals surface area (Å²) in [6.45, 7) is 6.21. The number of aliphatic hydroxyl groups excluding tert-OH is 1. The van der Waals surface area contributed by atoms with Gasteiger partial charge in [0.2, 0.25) is 5.91 Å². The normalized spacial score (nSPS) is 13.5. The number of carbonyl (C=O) groups is 2. The number of sulfone groups is 1. The molecular formula is C37H49F2N3O6S. The van der Waals surface area contributed by atoms with Crippen LogP contribution >= 0.6 is 0 Å². The van der Waals surface area contributed by atoms with E-state index in [1.54, 1.807) is 12.1 Å². The molecule has 1 unspecified atom stereocenters. The van der Waals surface area contributed by atoms with Gasteiger partial charge < -0.3 is 25.8 Å². The number of amides is 2. The summed E-state index contributed by atoms with van der Waals surface area (Å²) in [4.78, 5) is 27.2. The van der Waals surface area contributed by atoms with Crippen LogP contribution in [0.2, 0.25) is 0 Å².